The number of rotatable bonds is 13. The van der Waals surface area contributed by atoms with Crippen LogP contribution >= 0.6 is 0 Å². The van der Waals surface area contributed by atoms with Crippen LogP contribution in [-0.2, 0) is 3.07 Å². The Labute approximate surface area is 178 Å². The van der Waals surface area contributed by atoms with E-state index in [4.69, 9.17) is 7.49 Å². The molecule has 0 fully saturated rings. The van der Waals surface area contributed by atoms with Crippen molar-refractivity contribution in [3.63, 3.8) is 0 Å². The van der Waals surface area contributed by atoms with Crippen LogP contribution in [0.2, 0.25) is 13.3 Å². The summed E-state index contributed by atoms with van der Waals surface area (Å²) in [5, 5.41) is 0. The number of allylic oxidation sites excluding steroid dienone is 1. The van der Waals surface area contributed by atoms with Crippen molar-refractivity contribution in [3.05, 3.63) is 35.8 Å². The first-order chi connectivity index (χ1) is 13.5. The predicted molar refractivity (Wildman–Crippen MR) is 123 cm³/mol. The van der Waals surface area contributed by atoms with Gasteiger partial charge in [0.1, 0.15) is 0 Å². The fraction of sp³-hybridized carbons (Fsp3) is 0.760. The molecule has 0 saturated heterocycles. The molecule has 2 rings (SSSR count). The molecule has 0 unspecified atom stereocenters. The number of unbranched alkanes of at least 4 members (excludes halogenated alkanes) is 3. The van der Waals surface area contributed by atoms with Crippen molar-refractivity contribution in [2.45, 2.75) is 112 Å². The Morgan fingerprint density at radius 2 is 1.64 bits per heavy atom. The van der Waals surface area contributed by atoms with Gasteiger partial charge in [0.15, 0.2) is 0 Å². The molecule has 2 nitrogen and oxygen atoms in total. The normalized spacial score (nSPS) is 18.1. The SMILES string of the molecule is CCC[CH2][Sn]([CH2]CCC)([CH2]CCC)[O][C@H](C1=CCCCC1(C)C)c1ccoc1. The second kappa shape index (κ2) is 11.8. The topological polar surface area (TPSA) is 22.4 Å². The fourth-order valence-corrected chi connectivity index (χ4v) is 18.6. The zero-order valence-corrected chi connectivity index (χ0v) is 22.0. The van der Waals surface area contributed by atoms with E-state index >= 15 is 0 Å². The molecule has 0 amide bonds. The second-order valence-corrected chi connectivity index (χ2v) is 21.2. The molecule has 3 heteroatoms. The van der Waals surface area contributed by atoms with Crippen LogP contribution < -0.4 is 0 Å². The van der Waals surface area contributed by atoms with E-state index in [0.717, 1.165) is 0 Å². The van der Waals surface area contributed by atoms with Crippen LogP contribution in [0.15, 0.2) is 34.7 Å². The summed E-state index contributed by atoms with van der Waals surface area (Å²) in [6.45, 7) is 11.8. The van der Waals surface area contributed by atoms with Gasteiger partial charge in [0.05, 0.1) is 0 Å². The molecule has 1 atom stereocenters. The predicted octanol–water partition coefficient (Wildman–Crippen LogP) is 8.82. The molecule has 1 aliphatic carbocycles. The summed E-state index contributed by atoms with van der Waals surface area (Å²) in [4.78, 5) is 0. The van der Waals surface area contributed by atoms with Gasteiger partial charge in [0.25, 0.3) is 0 Å². The van der Waals surface area contributed by atoms with Crippen LogP contribution in [0.5, 0.6) is 0 Å². The first kappa shape index (κ1) is 24.1. The van der Waals surface area contributed by atoms with Crippen molar-refractivity contribution in [2.24, 2.45) is 5.41 Å². The van der Waals surface area contributed by atoms with Gasteiger partial charge < -0.3 is 0 Å². The van der Waals surface area contributed by atoms with Crippen LogP contribution in [0.1, 0.15) is 104 Å². The Morgan fingerprint density at radius 3 is 2.11 bits per heavy atom. The fourth-order valence-electron chi connectivity index (χ4n) is 4.72. The average molecular weight is 495 g/mol. The molecule has 0 bridgehead atoms. The molecule has 0 N–H and O–H groups in total. The van der Waals surface area contributed by atoms with Crippen molar-refractivity contribution in [3.8, 4) is 0 Å². The minimum atomic E-state index is -2.72. The first-order valence-corrected chi connectivity index (χ1v) is 19.1. The van der Waals surface area contributed by atoms with E-state index in [2.05, 4.69) is 46.8 Å². The standard InChI is InChI=1S/C13H17O2.3C4H9.Sn/c1-13(2)7-4-3-5-11(13)12(14)10-6-8-15-9-10;3*1-3-4-2;/h5-6,8-9,12H,3-4,7H2,1-2H3;3*1,3-4H2,2H3;/q-1;;;;+1/t12-;;;;/m0..../s1. The Hall–Kier alpha value is -0.221. The molecule has 1 heterocycles. The Kier molecular flexibility index (Phi) is 10.2. The van der Waals surface area contributed by atoms with E-state index in [-0.39, 0.29) is 11.5 Å². The summed E-state index contributed by atoms with van der Waals surface area (Å²) >= 11 is -2.72. The van der Waals surface area contributed by atoms with Crippen molar-refractivity contribution in [2.75, 3.05) is 0 Å². The monoisotopic (exact) mass is 496 g/mol. The molecule has 28 heavy (non-hydrogen) atoms. The van der Waals surface area contributed by atoms with Crippen LogP contribution in [0.25, 0.3) is 0 Å². The molecule has 1 aromatic rings. The van der Waals surface area contributed by atoms with Crippen LogP contribution in [0.4, 0.5) is 0 Å². The van der Waals surface area contributed by atoms with Gasteiger partial charge in [-0.05, 0) is 0 Å². The summed E-state index contributed by atoms with van der Waals surface area (Å²) in [5.74, 6) is 0. The summed E-state index contributed by atoms with van der Waals surface area (Å²) in [6, 6.07) is 2.15. The maximum atomic E-state index is 7.45. The molecule has 1 aliphatic rings. The quantitative estimate of drug-likeness (QED) is 0.202. The van der Waals surface area contributed by atoms with Gasteiger partial charge in [0.2, 0.25) is 0 Å². The zero-order valence-electron chi connectivity index (χ0n) is 19.2. The van der Waals surface area contributed by atoms with E-state index in [0.29, 0.717) is 0 Å². The molecule has 0 saturated carbocycles. The third-order valence-electron chi connectivity index (χ3n) is 6.61. The minimum absolute atomic E-state index is 0.121. The first-order valence-electron chi connectivity index (χ1n) is 11.9. The molecule has 160 valence electrons. The van der Waals surface area contributed by atoms with Gasteiger partial charge in [-0.3, -0.25) is 0 Å². The van der Waals surface area contributed by atoms with Gasteiger partial charge in [-0.25, -0.2) is 0 Å². The van der Waals surface area contributed by atoms with Gasteiger partial charge in [-0.1, -0.05) is 0 Å². The summed E-state index contributed by atoms with van der Waals surface area (Å²) < 4.78 is 17.1. The summed E-state index contributed by atoms with van der Waals surface area (Å²) in [5.41, 5.74) is 2.98. The summed E-state index contributed by atoms with van der Waals surface area (Å²) in [7, 11) is 0. The average Bonchev–Trinajstić information content (AvgIpc) is 3.21. The van der Waals surface area contributed by atoms with Gasteiger partial charge in [-0.2, -0.15) is 0 Å². The van der Waals surface area contributed by atoms with Crippen molar-refractivity contribution in [1.29, 1.82) is 0 Å². The zero-order chi connectivity index (χ0) is 20.5. The molecular weight excluding hydrogens is 451 g/mol. The van der Waals surface area contributed by atoms with Crippen LogP contribution in [0.3, 0.4) is 0 Å². The molecule has 0 aromatic carbocycles. The third-order valence-corrected chi connectivity index (χ3v) is 19.5. The van der Waals surface area contributed by atoms with E-state index in [1.165, 1.54) is 82.2 Å². The van der Waals surface area contributed by atoms with Crippen molar-refractivity contribution < 1.29 is 7.49 Å². The van der Waals surface area contributed by atoms with Gasteiger partial charge in [-0.15, -0.1) is 0 Å². The van der Waals surface area contributed by atoms with E-state index in [1.54, 1.807) is 0 Å². The van der Waals surface area contributed by atoms with Crippen molar-refractivity contribution >= 4 is 18.8 Å². The van der Waals surface area contributed by atoms with Gasteiger partial charge >= 0.3 is 179 Å². The molecule has 0 spiro atoms. The van der Waals surface area contributed by atoms with Gasteiger partial charge in [0, 0.05) is 0 Å². The van der Waals surface area contributed by atoms with Crippen LogP contribution in [-0.4, -0.2) is 18.8 Å². The molecule has 0 aliphatic heterocycles. The number of hydrogen-bond donors (Lipinski definition) is 0. The van der Waals surface area contributed by atoms with E-state index in [9.17, 15) is 0 Å². The Morgan fingerprint density at radius 1 is 1.04 bits per heavy atom. The van der Waals surface area contributed by atoms with Crippen LogP contribution in [0, 0.1) is 5.41 Å². The molecular formula is C25H44O2Sn. The van der Waals surface area contributed by atoms with E-state index in [1.807, 2.05) is 12.5 Å². The third kappa shape index (κ3) is 6.65. The Balaban J connectivity index is 2.39. The Bertz CT molecular complexity index is 552. The number of furan rings is 1. The van der Waals surface area contributed by atoms with E-state index < -0.39 is 18.8 Å². The summed E-state index contributed by atoms with van der Waals surface area (Å²) in [6.07, 6.45) is 18.0. The molecule has 1 aromatic heterocycles. The maximum absolute atomic E-state index is 7.45. The van der Waals surface area contributed by atoms with Crippen molar-refractivity contribution in [1.82, 2.24) is 0 Å². The second-order valence-electron chi connectivity index (χ2n) is 9.48. The molecule has 0 radical (unpaired) electrons. The number of hydrogen-bond acceptors (Lipinski definition) is 2.